The lowest BCUT2D eigenvalue weighted by atomic mass is 10.1. The Balaban J connectivity index is 1.78. The molecule has 1 fully saturated rings. The Bertz CT molecular complexity index is 1050. The van der Waals surface area contributed by atoms with E-state index in [9.17, 15) is 35.9 Å². The SMILES string of the molecule is O=C(NCc1cc(F)c(F)c(F)c1)c1ccc(F)c(S(=O)(=O)N2CCC(O)CC2)c1. The molecule has 0 radical (unpaired) electrons. The predicted octanol–water partition coefficient (Wildman–Crippen LogP) is 2.32. The number of piperidine rings is 1. The molecule has 30 heavy (non-hydrogen) atoms. The van der Waals surface area contributed by atoms with Crippen molar-refractivity contribution in [3.8, 4) is 0 Å². The van der Waals surface area contributed by atoms with Crippen LogP contribution in [-0.4, -0.2) is 42.9 Å². The number of amides is 1. The molecule has 0 spiro atoms. The number of rotatable bonds is 5. The second-order valence-corrected chi connectivity index (χ2v) is 8.74. The minimum Gasteiger partial charge on any atom is -0.393 e. The standard InChI is InChI=1S/C19H18F4N2O4S/c20-14-2-1-12(9-17(14)30(28,29)25-5-3-13(26)4-6-25)19(27)24-10-11-7-15(21)18(23)16(22)8-11/h1-2,7-9,13,26H,3-6,10H2,(H,24,27). The number of carbonyl (C=O) groups is 1. The van der Waals surface area contributed by atoms with Gasteiger partial charge in [0, 0.05) is 25.2 Å². The van der Waals surface area contributed by atoms with E-state index in [4.69, 9.17) is 0 Å². The van der Waals surface area contributed by atoms with Crippen molar-refractivity contribution in [1.29, 1.82) is 0 Å². The van der Waals surface area contributed by atoms with Gasteiger partial charge in [0.05, 0.1) is 6.10 Å². The number of hydrogen-bond donors (Lipinski definition) is 2. The van der Waals surface area contributed by atoms with Gasteiger partial charge in [-0.15, -0.1) is 0 Å². The largest absolute Gasteiger partial charge is 0.393 e. The second kappa shape index (κ2) is 8.70. The van der Waals surface area contributed by atoms with E-state index in [-0.39, 0.29) is 43.6 Å². The molecule has 0 atom stereocenters. The molecule has 6 nitrogen and oxygen atoms in total. The fraction of sp³-hybridized carbons (Fsp3) is 0.316. The van der Waals surface area contributed by atoms with Gasteiger partial charge in [-0.2, -0.15) is 4.31 Å². The maximum absolute atomic E-state index is 14.2. The van der Waals surface area contributed by atoms with Crippen LogP contribution < -0.4 is 5.32 Å². The van der Waals surface area contributed by atoms with Gasteiger partial charge >= 0.3 is 0 Å². The molecule has 1 aliphatic heterocycles. The lowest BCUT2D eigenvalue weighted by Gasteiger charge is -2.28. The summed E-state index contributed by atoms with van der Waals surface area (Å²) < 4.78 is 80.2. The van der Waals surface area contributed by atoms with Crippen LogP contribution in [0.1, 0.15) is 28.8 Å². The number of nitrogens with zero attached hydrogens (tertiary/aromatic N) is 1. The highest BCUT2D eigenvalue weighted by Crippen LogP contribution is 2.24. The van der Waals surface area contributed by atoms with Crippen LogP contribution in [-0.2, 0) is 16.6 Å². The van der Waals surface area contributed by atoms with Crippen LogP contribution in [0.25, 0.3) is 0 Å². The first-order valence-electron chi connectivity index (χ1n) is 8.99. The average molecular weight is 446 g/mol. The number of aliphatic hydroxyl groups is 1. The third kappa shape index (κ3) is 4.63. The Labute approximate surface area is 170 Å². The summed E-state index contributed by atoms with van der Waals surface area (Å²) in [5.41, 5.74) is -0.239. The Hall–Kier alpha value is -2.50. The Morgan fingerprint density at radius 1 is 1.03 bits per heavy atom. The lowest BCUT2D eigenvalue weighted by molar-refractivity contribution is 0.0950. The van der Waals surface area contributed by atoms with Crippen molar-refractivity contribution in [3.63, 3.8) is 0 Å². The number of hydrogen-bond acceptors (Lipinski definition) is 4. The fourth-order valence-electron chi connectivity index (χ4n) is 3.06. The van der Waals surface area contributed by atoms with Gasteiger partial charge in [-0.25, -0.2) is 26.0 Å². The monoisotopic (exact) mass is 446 g/mol. The van der Waals surface area contributed by atoms with E-state index >= 15 is 0 Å². The van der Waals surface area contributed by atoms with Gasteiger partial charge in [-0.05, 0) is 48.7 Å². The maximum Gasteiger partial charge on any atom is 0.251 e. The zero-order valence-electron chi connectivity index (χ0n) is 15.5. The molecule has 1 aliphatic rings. The highest BCUT2D eigenvalue weighted by atomic mass is 32.2. The molecule has 1 saturated heterocycles. The summed E-state index contributed by atoms with van der Waals surface area (Å²) in [4.78, 5) is 11.6. The summed E-state index contributed by atoms with van der Waals surface area (Å²) in [5.74, 6) is -6.32. The van der Waals surface area contributed by atoms with Crippen LogP contribution in [0.3, 0.4) is 0 Å². The van der Waals surface area contributed by atoms with Gasteiger partial charge in [0.1, 0.15) is 10.7 Å². The van der Waals surface area contributed by atoms with Crippen molar-refractivity contribution < 1.29 is 35.9 Å². The maximum atomic E-state index is 14.2. The molecule has 0 bridgehead atoms. The van der Waals surface area contributed by atoms with Gasteiger partial charge < -0.3 is 10.4 Å². The third-order valence-electron chi connectivity index (χ3n) is 4.73. The van der Waals surface area contributed by atoms with Crippen molar-refractivity contribution in [1.82, 2.24) is 9.62 Å². The van der Waals surface area contributed by atoms with Crippen LogP contribution in [0.4, 0.5) is 17.6 Å². The van der Waals surface area contributed by atoms with Gasteiger partial charge in [0.2, 0.25) is 10.0 Å². The minimum atomic E-state index is -4.23. The molecular formula is C19H18F4N2O4S. The van der Waals surface area contributed by atoms with E-state index < -0.39 is 50.2 Å². The van der Waals surface area contributed by atoms with Gasteiger partial charge in [-0.1, -0.05) is 0 Å². The summed E-state index contributed by atoms with van der Waals surface area (Å²) >= 11 is 0. The van der Waals surface area contributed by atoms with E-state index in [0.29, 0.717) is 12.1 Å². The molecule has 2 aromatic rings. The Morgan fingerprint density at radius 2 is 1.63 bits per heavy atom. The van der Waals surface area contributed by atoms with Crippen LogP contribution in [0, 0.1) is 23.3 Å². The summed E-state index contributed by atoms with van der Waals surface area (Å²) in [6.07, 6.45) is -0.197. The van der Waals surface area contributed by atoms with Crippen LogP contribution in [0.2, 0.25) is 0 Å². The van der Waals surface area contributed by atoms with Crippen LogP contribution in [0.15, 0.2) is 35.2 Å². The number of halogens is 4. The zero-order chi connectivity index (χ0) is 22.1. The van der Waals surface area contributed by atoms with Crippen molar-refractivity contribution in [2.45, 2.75) is 30.4 Å². The molecule has 162 valence electrons. The molecule has 1 amide bonds. The number of aliphatic hydroxyl groups excluding tert-OH is 1. The van der Waals surface area contributed by atoms with Crippen molar-refractivity contribution >= 4 is 15.9 Å². The zero-order valence-corrected chi connectivity index (χ0v) is 16.4. The normalized spacial score (nSPS) is 15.9. The Kier molecular flexibility index (Phi) is 6.44. The van der Waals surface area contributed by atoms with Crippen LogP contribution >= 0.6 is 0 Å². The van der Waals surface area contributed by atoms with Crippen molar-refractivity contribution in [2.75, 3.05) is 13.1 Å². The quantitative estimate of drug-likeness (QED) is 0.545. The van der Waals surface area contributed by atoms with Crippen molar-refractivity contribution in [2.24, 2.45) is 0 Å². The summed E-state index contributed by atoms with van der Waals surface area (Å²) in [6.45, 7) is -0.335. The average Bonchev–Trinajstić information content (AvgIpc) is 2.70. The molecule has 2 N–H and O–H groups in total. The Morgan fingerprint density at radius 3 is 2.23 bits per heavy atom. The highest BCUT2D eigenvalue weighted by Gasteiger charge is 2.31. The molecule has 0 aliphatic carbocycles. The summed E-state index contributed by atoms with van der Waals surface area (Å²) in [5, 5.41) is 11.8. The fourth-order valence-corrected chi connectivity index (χ4v) is 4.62. The number of benzene rings is 2. The van der Waals surface area contributed by atoms with E-state index in [1.54, 1.807) is 0 Å². The smallest absolute Gasteiger partial charge is 0.251 e. The topological polar surface area (TPSA) is 86.7 Å². The molecule has 1 heterocycles. The third-order valence-corrected chi connectivity index (χ3v) is 6.64. The summed E-state index contributed by atoms with van der Waals surface area (Å²) in [6, 6.07) is 4.19. The molecular weight excluding hydrogens is 428 g/mol. The molecule has 0 aromatic heterocycles. The van der Waals surface area contributed by atoms with Gasteiger partial charge in [0.15, 0.2) is 17.5 Å². The van der Waals surface area contributed by atoms with Crippen LogP contribution in [0.5, 0.6) is 0 Å². The van der Waals surface area contributed by atoms with E-state index in [0.717, 1.165) is 22.5 Å². The van der Waals surface area contributed by atoms with E-state index in [1.807, 2.05) is 0 Å². The minimum absolute atomic E-state index is 0.0149. The number of carbonyl (C=O) groups excluding carboxylic acids is 1. The lowest BCUT2D eigenvalue weighted by Crippen LogP contribution is -2.40. The molecule has 0 saturated carbocycles. The van der Waals surface area contributed by atoms with Gasteiger partial charge in [0.25, 0.3) is 5.91 Å². The molecule has 3 rings (SSSR count). The first-order chi connectivity index (χ1) is 14.1. The number of sulfonamides is 1. The predicted molar refractivity (Wildman–Crippen MR) is 97.9 cm³/mol. The first kappa shape index (κ1) is 22.2. The number of nitrogens with one attached hydrogen (secondary N) is 1. The van der Waals surface area contributed by atoms with E-state index in [1.165, 1.54) is 0 Å². The highest BCUT2D eigenvalue weighted by molar-refractivity contribution is 7.89. The molecule has 11 heteroatoms. The first-order valence-corrected chi connectivity index (χ1v) is 10.4. The molecule has 2 aromatic carbocycles. The molecule has 0 unspecified atom stereocenters. The van der Waals surface area contributed by atoms with Crippen molar-refractivity contribution in [3.05, 3.63) is 64.7 Å². The second-order valence-electron chi connectivity index (χ2n) is 6.84. The van der Waals surface area contributed by atoms with E-state index in [2.05, 4.69) is 5.32 Å². The summed E-state index contributed by atoms with van der Waals surface area (Å²) in [7, 11) is -4.23. The van der Waals surface area contributed by atoms with Gasteiger partial charge in [-0.3, -0.25) is 4.79 Å².